The number of rotatable bonds is 3. The molecule has 0 saturated heterocycles. The lowest BCUT2D eigenvalue weighted by molar-refractivity contribution is -0.117. The fourth-order valence-corrected chi connectivity index (χ4v) is 1.66. The van der Waals surface area contributed by atoms with E-state index in [0.717, 1.165) is 11.3 Å². The molecule has 1 aromatic heterocycles. The average molecular weight is 242 g/mol. The lowest BCUT2D eigenvalue weighted by Gasteiger charge is -2.16. The molecule has 18 heavy (non-hydrogen) atoms. The number of nitrogens with zero attached hydrogens (tertiary/aromatic N) is 2. The Morgan fingerprint density at radius 3 is 2.83 bits per heavy atom. The Bertz CT molecular complexity index is 541. The van der Waals surface area contributed by atoms with Crippen LogP contribution < -0.4 is 4.90 Å². The number of anilines is 1. The van der Waals surface area contributed by atoms with Gasteiger partial charge < -0.3 is 10.0 Å². The minimum Gasteiger partial charge on any atom is -0.508 e. The van der Waals surface area contributed by atoms with Gasteiger partial charge in [-0.2, -0.15) is 0 Å². The number of amides is 1. The number of aromatic hydroxyl groups is 1. The molecule has 1 amide bonds. The van der Waals surface area contributed by atoms with Crippen LogP contribution in [0, 0.1) is 0 Å². The van der Waals surface area contributed by atoms with E-state index < -0.39 is 0 Å². The lowest BCUT2D eigenvalue weighted by atomic mass is 10.1. The van der Waals surface area contributed by atoms with Crippen molar-refractivity contribution in [2.45, 2.75) is 6.42 Å². The molecule has 0 radical (unpaired) electrons. The third kappa shape index (κ3) is 2.85. The van der Waals surface area contributed by atoms with Crippen LogP contribution in [0.4, 0.5) is 5.69 Å². The molecule has 1 aromatic carbocycles. The summed E-state index contributed by atoms with van der Waals surface area (Å²) in [5, 5.41) is 9.35. The third-order valence-corrected chi connectivity index (χ3v) is 2.67. The Hall–Kier alpha value is -2.36. The summed E-state index contributed by atoms with van der Waals surface area (Å²) in [6.07, 6.45) is 3.55. The van der Waals surface area contributed by atoms with Crippen LogP contribution in [-0.4, -0.2) is 23.0 Å². The number of carbonyl (C=O) groups excluding carboxylic acids is 1. The summed E-state index contributed by atoms with van der Waals surface area (Å²) >= 11 is 0. The summed E-state index contributed by atoms with van der Waals surface area (Å²) < 4.78 is 0. The van der Waals surface area contributed by atoms with Gasteiger partial charge in [-0.25, -0.2) is 0 Å². The minimum absolute atomic E-state index is 0.0476. The Morgan fingerprint density at radius 1 is 1.33 bits per heavy atom. The Balaban J connectivity index is 2.09. The third-order valence-electron chi connectivity index (χ3n) is 2.67. The van der Waals surface area contributed by atoms with Gasteiger partial charge in [0.25, 0.3) is 0 Å². The van der Waals surface area contributed by atoms with Crippen molar-refractivity contribution in [3.63, 3.8) is 0 Å². The Morgan fingerprint density at radius 2 is 2.17 bits per heavy atom. The predicted molar refractivity (Wildman–Crippen MR) is 69.5 cm³/mol. The van der Waals surface area contributed by atoms with Gasteiger partial charge in [-0.15, -0.1) is 0 Å². The van der Waals surface area contributed by atoms with Crippen molar-refractivity contribution in [2.24, 2.45) is 0 Å². The van der Waals surface area contributed by atoms with E-state index in [-0.39, 0.29) is 18.1 Å². The van der Waals surface area contributed by atoms with Gasteiger partial charge in [-0.1, -0.05) is 12.1 Å². The van der Waals surface area contributed by atoms with Crippen molar-refractivity contribution in [3.8, 4) is 5.75 Å². The van der Waals surface area contributed by atoms with E-state index in [1.807, 2.05) is 12.1 Å². The van der Waals surface area contributed by atoms with Gasteiger partial charge in [-0.3, -0.25) is 9.78 Å². The molecule has 2 rings (SSSR count). The molecule has 4 heteroatoms. The highest BCUT2D eigenvalue weighted by Gasteiger charge is 2.11. The molecule has 0 aliphatic rings. The van der Waals surface area contributed by atoms with Crippen LogP contribution in [-0.2, 0) is 11.2 Å². The van der Waals surface area contributed by atoms with Crippen LogP contribution in [0.5, 0.6) is 5.75 Å². The monoisotopic (exact) mass is 242 g/mol. The van der Waals surface area contributed by atoms with Crippen molar-refractivity contribution in [2.75, 3.05) is 11.9 Å². The molecule has 0 aliphatic heterocycles. The average Bonchev–Trinajstić information content (AvgIpc) is 2.39. The van der Waals surface area contributed by atoms with Crippen LogP contribution in [0.1, 0.15) is 5.56 Å². The summed E-state index contributed by atoms with van der Waals surface area (Å²) in [6, 6.07) is 10.3. The zero-order chi connectivity index (χ0) is 13.0. The number of phenols is 1. The van der Waals surface area contributed by atoms with Gasteiger partial charge in [0.2, 0.25) is 5.91 Å². The molecular weight excluding hydrogens is 228 g/mol. The maximum absolute atomic E-state index is 12.0. The maximum atomic E-state index is 12.0. The van der Waals surface area contributed by atoms with Gasteiger partial charge in [0, 0.05) is 13.2 Å². The molecule has 2 aromatic rings. The molecule has 92 valence electrons. The standard InChI is InChI=1S/C14H14N2O2/c1-16(12-5-3-7-15-10-12)14(18)9-11-4-2-6-13(17)8-11/h2-8,10,17H,9H2,1H3. The number of aromatic nitrogens is 1. The normalized spacial score (nSPS) is 10.1. The number of benzene rings is 1. The van der Waals surface area contributed by atoms with Crippen molar-refractivity contribution < 1.29 is 9.90 Å². The molecule has 0 bridgehead atoms. The number of hydrogen-bond donors (Lipinski definition) is 1. The second-order valence-corrected chi connectivity index (χ2v) is 4.01. The van der Waals surface area contributed by atoms with Crippen molar-refractivity contribution in [3.05, 3.63) is 54.4 Å². The second kappa shape index (κ2) is 5.31. The Labute approximate surface area is 106 Å². The van der Waals surface area contributed by atoms with E-state index in [9.17, 15) is 9.90 Å². The molecule has 0 aliphatic carbocycles. The Kier molecular flexibility index (Phi) is 3.57. The number of pyridine rings is 1. The second-order valence-electron chi connectivity index (χ2n) is 4.01. The number of likely N-dealkylation sites (N-methyl/N-ethyl adjacent to an activating group) is 1. The first-order valence-electron chi connectivity index (χ1n) is 5.61. The van der Waals surface area contributed by atoms with Crippen LogP contribution >= 0.6 is 0 Å². The van der Waals surface area contributed by atoms with Crippen LogP contribution in [0.2, 0.25) is 0 Å². The summed E-state index contributed by atoms with van der Waals surface area (Å²) in [6.45, 7) is 0. The number of carbonyl (C=O) groups is 1. The minimum atomic E-state index is -0.0476. The van der Waals surface area contributed by atoms with Crippen LogP contribution in [0.25, 0.3) is 0 Å². The molecular formula is C14H14N2O2. The zero-order valence-corrected chi connectivity index (χ0v) is 10.1. The van der Waals surface area contributed by atoms with Gasteiger partial charge in [0.1, 0.15) is 5.75 Å². The topological polar surface area (TPSA) is 53.4 Å². The largest absolute Gasteiger partial charge is 0.508 e. The van der Waals surface area contributed by atoms with Crippen molar-refractivity contribution >= 4 is 11.6 Å². The first-order chi connectivity index (χ1) is 8.66. The maximum Gasteiger partial charge on any atom is 0.231 e. The van der Waals surface area contributed by atoms with E-state index in [1.165, 1.54) is 0 Å². The summed E-state index contributed by atoms with van der Waals surface area (Å²) in [4.78, 5) is 17.6. The van der Waals surface area contributed by atoms with Gasteiger partial charge in [0.05, 0.1) is 18.3 Å². The fraction of sp³-hybridized carbons (Fsp3) is 0.143. The first-order valence-corrected chi connectivity index (χ1v) is 5.61. The van der Waals surface area contributed by atoms with E-state index in [1.54, 1.807) is 48.6 Å². The predicted octanol–water partition coefficient (Wildman–Crippen LogP) is 1.99. The lowest BCUT2D eigenvalue weighted by Crippen LogP contribution is -2.27. The summed E-state index contributed by atoms with van der Waals surface area (Å²) in [7, 11) is 1.71. The molecule has 0 spiro atoms. The summed E-state index contributed by atoms with van der Waals surface area (Å²) in [5.41, 5.74) is 1.54. The van der Waals surface area contributed by atoms with Gasteiger partial charge >= 0.3 is 0 Å². The zero-order valence-electron chi connectivity index (χ0n) is 10.1. The van der Waals surface area contributed by atoms with Gasteiger partial charge in [-0.05, 0) is 29.8 Å². The quantitative estimate of drug-likeness (QED) is 0.895. The van der Waals surface area contributed by atoms with E-state index in [2.05, 4.69) is 4.98 Å². The van der Waals surface area contributed by atoms with Crippen molar-refractivity contribution in [1.82, 2.24) is 4.98 Å². The molecule has 0 saturated carbocycles. The highest BCUT2D eigenvalue weighted by Crippen LogP contribution is 2.14. The molecule has 4 nitrogen and oxygen atoms in total. The van der Waals surface area contributed by atoms with Crippen molar-refractivity contribution in [1.29, 1.82) is 0 Å². The smallest absolute Gasteiger partial charge is 0.231 e. The number of phenolic OH excluding ortho intramolecular Hbond substituents is 1. The summed E-state index contributed by atoms with van der Waals surface area (Å²) in [5.74, 6) is 0.123. The van der Waals surface area contributed by atoms with E-state index >= 15 is 0 Å². The van der Waals surface area contributed by atoms with Crippen LogP contribution in [0.3, 0.4) is 0 Å². The molecule has 1 heterocycles. The van der Waals surface area contributed by atoms with Crippen LogP contribution in [0.15, 0.2) is 48.8 Å². The van der Waals surface area contributed by atoms with E-state index in [4.69, 9.17) is 0 Å². The van der Waals surface area contributed by atoms with Gasteiger partial charge in [0.15, 0.2) is 0 Å². The molecule has 1 N–H and O–H groups in total. The van der Waals surface area contributed by atoms with E-state index in [0.29, 0.717) is 0 Å². The SMILES string of the molecule is CN(C(=O)Cc1cccc(O)c1)c1cccnc1. The highest BCUT2D eigenvalue weighted by molar-refractivity contribution is 5.94. The first kappa shape index (κ1) is 12.1. The highest BCUT2D eigenvalue weighted by atomic mass is 16.3. The molecule has 0 fully saturated rings. The number of hydrogen-bond acceptors (Lipinski definition) is 3. The molecule has 0 atom stereocenters. The fourth-order valence-electron chi connectivity index (χ4n) is 1.66. The molecule has 0 unspecified atom stereocenters.